The molecule has 1 aromatic carbocycles. The largest absolute Gasteiger partial charge is 0.384 e. The third kappa shape index (κ3) is 4.68. The monoisotopic (exact) mass is 355 g/mol. The van der Waals surface area contributed by atoms with E-state index >= 15 is 0 Å². The molecule has 5 nitrogen and oxygen atoms in total. The summed E-state index contributed by atoms with van der Waals surface area (Å²) in [6.07, 6.45) is 5.05. The molecule has 0 bridgehead atoms. The lowest BCUT2D eigenvalue weighted by Gasteiger charge is -2.33. The third-order valence-corrected chi connectivity index (χ3v) is 4.70. The van der Waals surface area contributed by atoms with E-state index in [9.17, 15) is 10.1 Å². The first-order valence-electron chi connectivity index (χ1n) is 7.50. The standard InChI is InChI=1S/C15H22BrN3O2/c1-12-5-2-3-9-18(12)10-4-8-17-15-7-6-13(19(20)21)11-14(15)16/h6-7,11-12,17H,2-5,8-10H2,1H3. The van der Waals surface area contributed by atoms with Crippen molar-refractivity contribution in [2.45, 2.75) is 38.6 Å². The highest BCUT2D eigenvalue weighted by atomic mass is 79.9. The maximum atomic E-state index is 10.7. The Morgan fingerprint density at radius 3 is 2.95 bits per heavy atom. The highest BCUT2D eigenvalue weighted by Gasteiger charge is 2.17. The molecule has 0 spiro atoms. The topological polar surface area (TPSA) is 58.4 Å². The quantitative estimate of drug-likeness (QED) is 0.475. The minimum absolute atomic E-state index is 0.106. The smallest absolute Gasteiger partial charge is 0.270 e. The Kier molecular flexibility index (Phi) is 5.99. The summed E-state index contributed by atoms with van der Waals surface area (Å²) < 4.78 is 0.739. The molecule has 6 heteroatoms. The summed E-state index contributed by atoms with van der Waals surface area (Å²) in [7, 11) is 0. The van der Waals surface area contributed by atoms with Gasteiger partial charge in [0, 0.05) is 41.4 Å². The van der Waals surface area contributed by atoms with Crippen LogP contribution in [-0.4, -0.2) is 35.5 Å². The molecule has 1 aromatic rings. The summed E-state index contributed by atoms with van der Waals surface area (Å²) >= 11 is 3.38. The van der Waals surface area contributed by atoms with E-state index in [-0.39, 0.29) is 10.6 Å². The normalized spacial score (nSPS) is 19.4. The van der Waals surface area contributed by atoms with E-state index in [2.05, 4.69) is 33.1 Å². The van der Waals surface area contributed by atoms with Crippen LogP contribution in [-0.2, 0) is 0 Å². The van der Waals surface area contributed by atoms with Crippen LogP contribution in [0.2, 0.25) is 0 Å². The van der Waals surface area contributed by atoms with E-state index in [1.807, 2.05) is 0 Å². The molecule has 1 fully saturated rings. The zero-order chi connectivity index (χ0) is 15.2. The molecular formula is C15H22BrN3O2. The van der Waals surface area contributed by atoms with Crippen molar-refractivity contribution in [1.82, 2.24) is 4.90 Å². The summed E-state index contributed by atoms with van der Waals surface area (Å²) in [5, 5.41) is 14.0. The second kappa shape index (κ2) is 7.75. The molecule has 1 atom stereocenters. The predicted octanol–water partition coefficient (Wildman–Crippen LogP) is 4.03. The molecule has 0 saturated carbocycles. The van der Waals surface area contributed by atoms with E-state index in [0.717, 1.165) is 29.7 Å². The van der Waals surface area contributed by atoms with Gasteiger partial charge in [-0.25, -0.2) is 0 Å². The molecule has 116 valence electrons. The number of piperidine rings is 1. The van der Waals surface area contributed by atoms with Crippen molar-refractivity contribution in [3.05, 3.63) is 32.8 Å². The van der Waals surface area contributed by atoms with Crippen molar-refractivity contribution < 1.29 is 4.92 Å². The maximum absolute atomic E-state index is 10.7. The third-order valence-electron chi connectivity index (χ3n) is 4.04. The average molecular weight is 356 g/mol. The highest BCUT2D eigenvalue weighted by molar-refractivity contribution is 9.10. The van der Waals surface area contributed by atoms with Gasteiger partial charge in [-0.05, 0) is 54.7 Å². The predicted molar refractivity (Wildman–Crippen MR) is 88.8 cm³/mol. The van der Waals surface area contributed by atoms with Crippen molar-refractivity contribution in [2.24, 2.45) is 0 Å². The van der Waals surface area contributed by atoms with E-state index < -0.39 is 0 Å². The van der Waals surface area contributed by atoms with Crippen molar-refractivity contribution in [3.8, 4) is 0 Å². The lowest BCUT2D eigenvalue weighted by Crippen LogP contribution is -2.38. The maximum Gasteiger partial charge on any atom is 0.270 e. The number of likely N-dealkylation sites (tertiary alicyclic amines) is 1. The molecule has 21 heavy (non-hydrogen) atoms. The van der Waals surface area contributed by atoms with Crippen LogP contribution < -0.4 is 5.32 Å². The van der Waals surface area contributed by atoms with Crippen LogP contribution in [0.15, 0.2) is 22.7 Å². The van der Waals surface area contributed by atoms with Crippen LogP contribution in [0.1, 0.15) is 32.6 Å². The van der Waals surface area contributed by atoms with Gasteiger partial charge in [0.1, 0.15) is 0 Å². The second-order valence-electron chi connectivity index (χ2n) is 5.58. The molecule has 1 unspecified atom stereocenters. The number of halogens is 1. The fraction of sp³-hybridized carbons (Fsp3) is 0.600. The van der Waals surface area contributed by atoms with Crippen LogP contribution in [0.5, 0.6) is 0 Å². The number of benzene rings is 1. The van der Waals surface area contributed by atoms with Crippen molar-refractivity contribution in [1.29, 1.82) is 0 Å². The zero-order valence-electron chi connectivity index (χ0n) is 12.3. The average Bonchev–Trinajstić information content (AvgIpc) is 2.46. The second-order valence-corrected chi connectivity index (χ2v) is 6.44. The molecule has 1 aliphatic rings. The summed E-state index contributed by atoms with van der Waals surface area (Å²) in [5.41, 5.74) is 1.02. The van der Waals surface area contributed by atoms with E-state index in [0.29, 0.717) is 6.04 Å². The molecule has 1 N–H and O–H groups in total. The number of nitro groups is 1. The van der Waals surface area contributed by atoms with Crippen LogP contribution in [0.4, 0.5) is 11.4 Å². The van der Waals surface area contributed by atoms with Crippen LogP contribution >= 0.6 is 15.9 Å². The van der Waals surface area contributed by atoms with Gasteiger partial charge in [-0.3, -0.25) is 10.1 Å². The molecule has 1 saturated heterocycles. The first-order valence-corrected chi connectivity index (χ1v) is 8.29. The molecular weight excluding hydrogens is 334 g/mol. The molecule has 0 amide bonds. The Hall–Kier alpha value is -1.14. The van der Waals surface area contributed by atoms with Gasteiger partial charge in [0.2, 0.25) is 0 Å². The van der Waals surface area contributed by atoms with Gasteiger partial charge in [-0.1, -0.05) is 6.42 Å². The fourth-order valence-electron chi connectivity index (χ4n) is 2.76. The van der Waals surface area contributed by atoms with Gasteiger partial charge >= 0.3 is 0 Å². The van der Waals surface area contributed by atoms with Gasteiger partial charge in [0.25, 0.3) is 5.69 Å². The Morgan fingerprint density at radius 2 is 2.29 bits per heavy atom. The van der Waals surface area contributed by atoms with Crippen LogP contribution in [0.25, 0.3) is 0 Å². The number of nitrogens with zero attached hydrogens (tertiary/aromatic N) is 2. The van der Waals surface area contributed by atoms with E-state index in [4.69, 9.17) is 0 Å². The summed E-state index contributed by atoms with van der Waals surface area (Å²) in [5.74, 6) is 0. The van der Waals surface area contributed by atoms with Crippen molar-refractivity contribution in [3.63, 3.8) is 0 Å². The molecule has 1 heterocycles. The molecule has 2 rings (SSSR count). The Balaban J connectivity index is 1.77. The number of nitro benzene ring substituents is 1. The lowest BCUT2D eigenvalue weighted by atomic mass is 10.0. The number of anilines is 1. The SMILES string of the molecule is CC1CCCCN1CCCNc1ccc([N+](=O)[O-])cc1Br. The molecule has 0 aliphatic carbocycles. The van der Waals surface area contributed by atoms with Crippen LogP contribution in [0, 0.1) is 10.1 Å². The summed E-state index contributed by atoms with van der Waals surface area (Å²) in [4.78, 5) is 12.9. The van der Waals surface area contributed by atoms with Gasteiger partial charge < -0.3 is 10.2 Å². The first kappa shape index (κ1) is 16.2. The van der Waals surface area contributed by atoms with Gasteiger partial charge in [-0.2, -0.15) is 0 Å². The van der Waals surface area contributed by atoms with Gasteiger partial charge in [0.05, 0.1) is 4.92 Å². The van der Waals surface area contributed by atoms with E-state index in [1.165, 1.54) is 37.9 Å². The summed E-state index contributed by atoms with van der Waals surface area (Å²) in [6, 6.07) is 5.52. The van der Waals surface area contributed by atoms with Crippen molar-refractivity contribution >= 4 is 27.3 Å². The minimum Gasteiger partial charge on any atom is -0.384 e. The first-order chi connectivity index (χ1) is 10.1. The van der Waals surface area contributed by atoms with Crippen molar-refractivity contribution in [2.75, 3.05) is 25.0 Å². The highest BCUT2D eigenvalue weighted by Crippen LogP contribution is 2.27. The number of hydrogen-bond donors (Lipinski definition) is 1. The Morgan fingerprint density at radius 1 is 1.48 bits per heavy atom. The molecule has 1 aliphatic heterocycles. The zero-order valence-corrected chi connectivity index (χ0v) is 13.9. The number of nitrogens with one attached hydrogen (secondary N) is 1. The number of rotatable bonds is 6. The molecule has 0 radical (unpaired) electrons. The van der Waals surface area contributed by atoms with E-state index in [1.54, 1.807) is 6.07 Å². The Bertz CT molecular complexity index is 496. The van der Waals surface area contributed by atoms with Gasteiger partial charge in [0.15, 0.2) is 0 Å². The van der Waals surface area contributed by atoms with Gasteiger partial charge in [-0.15, -0.1) is 0 Å². The summed E-state index contributed by atoms with van der Waals surface area (Å²) in [6.45, 7) is 5.50. The minimum atomic E-state index is -0.383. The van der Waals surface area contributed by atoms with Crippen LogP contribution in [0.3, 0.4) is 0 Å². The number of non-ortho nitro benzene ring substituents is 1. The Labute approximate surface area is 134 Å². The molecule has 0 aromatic heterocycles. The number of hydrogen-bond acceptors (Lipinski definition) is 4. The lowest BCUT2D eigenvalue weighted by molar-refractivity contribution is -0.384. The fourth-order valence-corrected chi connectivity index (χ4v) is 3.26.